The number of hydrogen-bond acceptors (Lipinski definition) is 3. The Hall–Kier alpha value is -5.23. The number of rotatable bonds is 5. The predicted molar refractivity (Wildman–Crippen MR) is 162 cm³/mol. The third-order valence-corrected chi connectivity index (χ3v) is 7.46. The van der Waals surface area contributed by atoms with E-state index in [-0.39, 0.29) is 5.82 Å². The van der Waals surface area contributed by atoms with E-state index in [0.29, 0.717) is 5.75 Å². The molecule has 0 saturated heterocycles. The van der Waals surface area contributed by atoms with Crippen LogP contribution in [0, 0.1) is 26.6 Å². The zero-order valence-electron chi connectivity index (χ0n) is 23.0. The van der Waals surface area contributed by atoms with E-state index in [9.17, 15) is 4.39 Å². The van der Waals surface area contributed by atoms with E-state index in [0.717, 1.165) is 61.5 Å². The lowest BCUT2D eigenvalue weighted by molar-refractivity contribution is 0.483. The third kappa shape index (κ3) is 4.43. The van der Waals surface area contributed by atoms with Gasteiger partial charge in [-0.15, -0.1) is 0 Å². The molecule has 7 aromatic rings. The molecule has 3 heterocycles. The molecular formula is C35H27FN4O. The number of ether oxygens (including phenoxy) is 1. The molecule has 200 valence electrons. The van der Waals surface area contributed by atoms with E-state index >= 15 is 0 Å². The van der Waals surface area contributed by atoms with Gasteiger partial charge in [0.25, 0.3) is 0 Å². The quantitative estimate of drug-likeness (QED) is 0.220. The van der Waals surface area contributed by atoms with E-state index in [1.165, 1.54) is 5.39 Å². The van der Waals surface area contributed by atoms with E-state index in [1.54, 1.807) is 12.1 Å². The second-order valence-corrected chi connectivity index (χ2v) is 10.4. The molecular weight excluding hydrogens is 511 g/mol. The van der Waals surface area contributed by atoms with Crippen LogP contribution in [-0.2, 0) is 0 Å². The van der Waals surface area contributed by atoms with Crippen molar-refractivity contribution in [2.24, 2.45) is 0 Å². The van der Waals surface area contributed by atoms with E-state index in [1.807, 2.05) is 73.5 Å². The Labute approximate surface area is 237 Å². The van der Waals surface area contributed by atoms with Crippen LogP contribution in [0.1, 0.15) is 16.7 Å². The summed E-state index contributed by atoms with van der Waals surface area (Å²) in [6.45, 7) is 5.91. The highest BCUT2D eigenvalue weighted by Crippen LogP contribution is 2.35. The number of halogens is 1. The Balaban J connectivity index is 1.25. The molecule has 0 aliphatic heterocycles. The van der Waals surface area contributed by atoms with Gasteiger partial charge in [0.05, 0.1) is 22.9 Å². The lowest BCUT2D eigenvalue weighted by Crippen LogP contribution is -1.97. The molecule has 0 N–H and O–H groups in total. The van der Waals surface area contributed by atoms with Crippen LogP contribution in [-0.4, -0.2) is 19.3 Å². The molecule has 0 bridgehead atoms. The van der Waals surface area contributed by atoms with Crippen LogP contribution in [0.15, 0.2) is 110 Å². The molecule has 3 aromatic heterocycles. The minimum atomic E-state index is -0.227. The van der Waals surface area contributed by atoms with E-state index in [4.69, 9.17) is 4.74 Å². The van der Waals surface area contributed by atoms with Crippen LogP contribution in [0.2, 0.25) is 0 Å². The van der Waals surface area contributed by atoms with Crippen LogP contribution < -0.4 is 4.74 Å². The van der Waals surface area contributed by atoms with Crippen molar-refractivity contribution < 1.29 is 9.13 Å². The molecule has 4 aromatic carbocycles. The van der Waals surface area contributed by atoms with Crippen molar-refractivity contribution in [1.29, 1.82) is 0 Å². The van der Waals surface area contributed by atoms with Gasteiger partial charge in [-0.05, 0) is 97.6 Å². The fraction of sp³-hybridized carbons (Fsp3) is 0.0857. The van der Waals surface area contributed by atoms with Gasteiger partial charge in [0.2, 0.25) is 0 Å². The van der Waals surface area contributed by atoms with Crippen LogP contribution >= 0.6 is 0 Å². The minimum absolute atomic E-state index is 0.227. The van der Waals surface area contributed by atoms with Gasteiger partial charge in [-0.25, -0.2) is 14.1 Å². The number of benzene rings is 4. The molecule has 0 spiro atoms. The number of fused-ring (bicyclic) bond motifs is 3. The maximum Gasteiger partial charge on any atom is 0.137 e. The standard InChI is InChI=1S/C35H27FN4O/c1-22-13-14-37-34(15-22)40-32-10-5-4-9-30(32)31-12-11-29(19-33(31)40)41-28-8-6-7-27(18-28)39-21-25(20-38-39)35-23(2)16-26(36)17-24(35)3/h4-21H,1-3H3. The number of hydrogen-bond donors (Lipinski definition) is 0. The van der Waals surface area contributed by atoms with Gasteiger partial charge in [-0.3, -0.25) is 4.57 Å². The number of aryl methyl sites for hydroxylation is 3. The lowest BCUT2D eigenvalue weighted by Gasteiger charge is -2.10. The van der Waals surface area contributed by atoms with Gasteiger partial charge in [-0.1, -0.05) is 24.3 Å². The molecule has 0 atom stereocenters. The summed E-state index contributed by atoms with van der Waals surface area (Å²) >= 11 is 0. The molecule has 0 fully saturated rings. The maximum absolute atomic E-state index is 13.8. The van der Waals surface area contributed by atoms with Crippen molar-refractivity contribution in [3.63, 3.8) is 0 Å². The highest BCUT2D eigenvalue weighted by Gasteiger charge is 2.15. The van der Waals surface area contributed by atoms with Crippen molar-refractivity contribution in [2.75, 3.05) is 0 Å². The zero-order valence-corrected chi connectivity index (χ0v) is 23.0. The first kappa shape index (κ1) is 24.8. The average molecular weight is 539 g/mol. The van der Waals surface area contributed by atoms with Crippen molar-refractivity contribution in [2.45, 2.75) is 20.8 Å². The maximum atomic E-state index is 13.8. The highest BCUT2D eigenvalue weighted by atomic mass is 19.1. The number of para-hydroxylation sites is 1. The first-order valence-electron chi connectivity index (χ1n) is 13.5. The summed E-state index contributed by atoms with van der Waals surface area (Å²) in [6.07, 6.45) is 5.62. The summed E-state index contributed by atoms with van der Waals surface area (Å²) in [5.41, 5.74) is 7.84. The molecule has 5 nitrogen and oxygen atoms in total. The Morgan fingerprint density at radius 2 is 1.51 bits per heavy atom. The van der Waals surface area contributed by atoms with Gasteiger partial charge < -0.3 is 4.74 Å². The second-order valence-electron chi connectivity index (χ2n) is 10.4. The molecule has 7 rings (SSSR count). The fourth-order valence-electron chi connectivity index (χ4n) is 5.69. The molecule has 6 heteroatoms. The lowest BCUT2D eigenvalue weighted by atomic mass is 9.98. The molecule has 0 aliphatic rings. The summed E-state index contributed by atoms with van der Waals surface area (Å²) in [6, 6.07) is 29.6. The Morgan fingerprint density at radius 3 is 2.34 bits per heavy atom. The molecule has 0 unspecified atom stereocenters. The molecule has 0 aliphatic carbocycles. The van der Waals surface area contributed by atoms with Gasteiger partial charge >= 0.3 is 0 Å². The zero-order chi connectivity index (χ0) is 28.1. The van der Waals surface area contributed by atoms with Crippen molar-refractivity contribution >= 4 is 21.8 Å². The highest BCUT2D eigenvalue weighted by molar-refractivity contribution is 6.09. The topological polar surface area (TPSA) is 44.9 Å². The number of nitrogens with zero attached hydrogens (tertiary/aromatic N) is 4. The summed E-state index contributed by atoms with van der Waals surface area (Å²) in [5, 5.41) is 6.90. The van der Waals surface area contributed by atoms with E-state index in [2.05, 4.69) is 64.0 Å². The van der Waals surface area contributed by atoms with Gasteiger partial charge in [0.15, 0.2) is 0 Å². The van der Waals surface area contributed by atoms with Gasteiger partial charge in [0, 0.05) is 40.9 Å². The summed E-state index contributed by atoms with van der Waals surface area (Å²) in [7, 11) is 0. The molecule has 0 amide bonds. The number of aromatic nitrogens is 4. The van der Waals surface area contributed by atoms with Gasteiger partial charge in [-0.2, -0.15) is 5.10 Å². The normalized spacial score (nSPS) is 11.4. The second kappa shape index (κ2) is 9.75. The predicted octanol–water partition coefficient (Wildman–Crippen LogP) is 8.89. The summed E-state index contributed by atoms with van der Waals surface area (Å²) < 4.78 is 24.2. The fourth-order valence-corrected chi connectivity index (χ4v) is 5.69. The minimum Gasteiger partial charge on any atom is -0.457 e. The Morgan fingerprint density at radius 1 is 0.732 bits per heavy atom. The Bertz CT molecular complexity index is 2070. The first-order valence-corrected chi connectivity index (χ1v) is 13.5. The van der Waals surface area contributed by atoms with Crippen LogP contribution in [0.25, 0.3) is 44.4 Å². The molecule has 41 heavy (non-hydrogen) atoms. The van der Waals surface area contributed by atoms with Crippen molar-refractivity contribution in [3.8, 4) is 34.1 Å². The largest absolute Gasteiger partial charge is 0.457 e. The smallest absolute Gasteiger partial charge is 0.137 e. The summed E-state index contributed by atoms with van der Waals surface area (Å²) in [4.78, 5) is 4.67. The van der Waals surface area contributed by atoms with Crippen molar-refractivity contribution in [3.05, 3.63) is 132 Å². The number of pyridine rings is 1. The van der Waals surface area contributed by atoms with Gasteiger partial charge in [0.1, 0.15) is 23.1 Å². The van der Waals surface area contributed by atoms with E-state index < -0.39 is 0 Å². The van der Waals surface area contributed by atoms with Crippen LogP contribution in [0.4, 0.5) is 4.39 Å². The molecule has 0 radical (unpaired) electrons. The van der Waals surface area contributed by atoms with Crippen LogP contribution in [0.3, 0.4) is 0 Å². The molecule has 0 saturated carbocycles. The Kier molecular flexibility index (Phi) is 5.89. The van der Waals surface area contributed by atoms with Crippen LogP contribution in [0.5, 0.6) is 11.5 Å². The first-order chi connectivity index (χ1) is 19.9. The summed E-state index contributed by atoms with van der Waals surface area (Å²) in [5.74, 6) is 2.07. The average Bonchev–Trinajstić information content (AvgIpc) is 3.56. The third-order valence-electron chi connectivity index (χ3n) is 7.46. The monoisotopic (exact) mass is 538 g/mol. The SMILES string of the molecule is Cc1ccnc(-n2c3ccccc3c3ccc(Oc4cccc(-n5cc(-c6c(C)cc(F)cc6C)cn5)c4)cc32)c1. The van der Waals surface area contributed by atoms with Crippen molar-refractivity contribution in [1.82, 2.24) is 19.3 Å².